The van der Waals surface area contributed by atoms with Gasteiger partial charge in [-0.15, -0.1) is 0 Å². The van der Waals surface area contributed by atoms with Gasteiger partial charge >= 0.3 is 0 Å². The number of nitrogens with zero attached hydrogens (tertiary/aromatic N) is 3. The molecule has 7 heterocycles. The molecule has 12 heteroatoms. The van der Waals surface area contributed by atoms with Gasteiger partial charge in [-0.25, -0.2) is 4.90 Å². The van der Waals surface area contributed by atoms with Gasteiger partial charge < -0.3 is 53.9 Å². The number of hydrogen-bond acceptors (Lipinski definition) is 12. The van der Waals surface area contributed by atoms with Crippen molar-refractivity contribution in [3.05, 3.63) is 46.5 Å². The SMILES string of the molecule is CN1CC[C@]23c4c5ccc(O)c4O[C@H]2C2(CC[C@@]3(O)[C@H]1C5)OC1COC3N1C2OC31CC[C@@]2(O)[C@H]3Cc4ccc(O)c5c4[C@@]2(CCN3C)[C@H]1O5. The topological polar surface area (TPSA) is 137 Å². The molecule has 264 valence electrons. The molecule has 12 nitrogen and oxygen atoms in total. The molecule has 4 bridgehead atoms. The molecule has 0 amide bonds. The van der Waals surface area contributed by atoms with E-state index in [9.17, 15) is 20.4 Å². The predicted molar refractivity (Wildman–Crippen MR) is 173 cm³/mol. The zero-order chi connectivity index (χ0) is 33.5. The molecule has 0 radical (unpaired) electrons. The van der Waals surface area contributed by atoms with E-state index in [1.54, 1.807) is 12.1 Å². The minimum absolute atomic E-state index is 0.0816. The molecule has 50 heavy (non-hydrogen) atoms. The van der Waals surface area contributed by atoms with Crippen LogP contribution in [0.25, 0.3) is 0 Å². The Bertz CT molecular complexity index is 1850. The predicted octanol–water partition coefficient (Wildman–Crippen LogP) is 1.21. The van der Waals surface area contributed by atoms with Gasteiger partial charge in [-0.05, 0) is 102 Å². The molecule has 5 saturated heterocycles. The van der Waals surface area contributed by atoms with Crippen LogP contribution < -0.4 is 9.47 Å². The largest absolute Gasteiger partial charge is 0.504 e. The summed E-state index contributed by atoms with van der Waals surface area (Å²) in [5.74, 6) is 1.15. The minimum Gasteiger partial charge on any atom is -0.504 e. The lowest BCUT2D eigenvalue weighted by Crippen LogP contribution is -2.81. The third kappa shape index (κ3) is 2.56. The van der Waals surface area contributed by atoms with Crippen LogP contribution in [0.5, 0.6) is 23.0 Å². The van der Waals surface area contributed by atoms with Crippen LogP contribution in [0.2, 0.25) is 0 Å². The first-order valence-electron chi connectivity index (χ1n) is 18.7. The second kappa shape index (κ2) is 8.26. The number of ether oxygens (including phenoxy) is 5. The van der Waals surface area contributed by atoms with E-state index < -0.39 is 57.9 Å². The first kappa shape index (κ1) is 28.9. The number of likely N-dealkylation sites (N-methyl/N-ethyl adjacent to an activating group) is 2. The number of benzene rings is 2. The Morgan fingerprint density at radius 1 is 0.660 bits per heavy atom. The quantitative estimate of drug-likeness (QED) is 0.318. The average molecular weight is 686 g/mol. The van der Waals surface area contributed by atoms with Crippen LogP contribution in [-0.2, 0) is 37.9 Å². The van der Waals surface area contributed by atoms with E-state index in [1.807, 2.05) is 12.1 Å². The number of phenols is 2. The van der Waals surface area contributed by atoms with E-state index >= 15 is 0 Å². The molecule has 5 unspecified atom stereocenters. The first-order chi connectivity index (χ1) is 24.0. The van der Waals surface area contributed by atoms with Crippen LogP contribution in [0.4, 0.5) is 0 Å². The fraction of sp³-hybridized carbons (Fsp3) is 0.684. The Labute approximate surface area is 289 Å². The Hall–Kier alpha value is -2.68. The van der Waals surface area contributed by atoms with Gasteiger partial charge in [0.15, 0.2) is 23.0 Å². The molecule has 4 aliphatic carbocycles. The van der Waals surface area contributed by atoms with Crippen LogP contribution in [0.15, 0.2) is 24.3 Å². The number of aromatic hydroxyl groups is 2. The van der Waals surface area contributed by atoms with E-state index in [1.165, 1.54) is 0 Å². The number of phenolic OH excluding ortho intramolecular Hbond substituents is 2. The molecule has 4 spiro atoms. The average Bonchev–Trinajstić information content (AvgIpc) is 3.89. The summed E-state index contributed by atoms with van der Waals surface area (Å²) in [5.41, 5.74) is -1.49. The monoisotopic (exact) mass is 685 g/mol. The maximum Gasteiger partial charge on any atom is 0.165 e. The summed E-state index contributed by atoms with van der Waals surface area (Å²) in [4.78, 5) is 6.85. The van der Waals surface area contributed by atoms with E-state index in [0.29, 0.717) is 69.5 Å². The molecule has 2 saturated carbocycles. The Balaban J connectivity index is 0.985. The molecular formula is C38H43N3O9. The lowest BCUT2D eigenvalue weighted by molar-refractivity contribution is -0.285. The summed E-state index contributed by atoms with van der Waals surface area (Å²) >= 11 is 0. The van der Waals surface area contributed by atoms with E-state index in [2.05, 4.69) is 28.8 Å². The van der Waals surface area contributed by atoms with Gasteiger partial charge in [0.1, 0.15) is 42.1 Å². The summed E-state index contributed by atoms with van der Waals surface area (Å²) in [6.07, 6.45) is 2.14. The smallest absolute Gasteiger partial charge is 0.165 e. The molecule has 13 atom stereocenters. The molecule has 0 aromatic heterocycles. The standard InChI is InChI=1S/C38H43N3O9/c1-39-13-11-33-25-18-3-5-20(42)27(25)47-29(33)35(7-9-37(33,44)22(39)15-18)31-41-24(17-46-31)49-36(32(41)50-35)8-10-38(45)23-16-19-4-6-21(43)28-26(19)34(38,30(36)48-28)12-14-40(23)2/h3-6,22-24,29-32,42-45H,7-17H2,1-2H3/t22-,23-,24?,29-,30-,31?,32?,33+,34+,35?,36?,37-,38-/m1/s1. The second-order valence-electron chi connectivity index (χ2n) is 17.7. The van der Waals surface area contributed by atoms with Crippen molar-refractivity contribution < 1.29 is 44.1 Å². The van der Waals surface area contributed by atoms with Crippen molar-refractivity contribution in [3.63, 3.8) is 0 Å². The Morgan fingerprint density at radius 2 is 1.18 bits per heavy atom. The van der Waals surface area contributed by atoms with Gasteiger partial charge in [-0.2, -0.15) is 0 Å². The van der Waals surface area contributed by atoms with Crippen LogP contribution in [0.1, 0.15) is 60.8 Å². The van der Waals surface area contributed by atoms with Crippen molar-refractivity contribution in [2.24, 2.45) is 0 Å². The van der Waals surface area contributed by atoms with Crippen molar-refractivity contribution in [2.75, 3.05) is 33.8 Å². The normalized spacial score (nSPS) is 52.6. The highest BCUT2D eigenvalue weighted by Gasteiger charge is 2.86. The molecule has 13 rings (SSSR count). The molecule has 2 aromatic carbocycles. The maximum atomic E-state index is 13.0. The number of piperidine rings is 2. The Kier molecular flexibility index (Phi) is 4.77. The summed E-state index contributed by atoms with van der Waals surface area (Å²) in [6.45, 7) is 1.94. The number of likely N-dealkylation sites (tertiary alicyclic amines) is 2. The van der Waals surface area contributed by atoms with Gasteiger partial charge in [0.05, 0.1) is 28.6 Å². The molecule has 7 aliphatic heterocycles. The van der Waals surface area contributed by atoms with Crippen molar-refractivity contribution in [1.29, 1.82) is 0 Å². The first-order valence-corrected chi connectivity index (χ1v) is 18.7. The van der Waals surface area contributed by atoms with Crippen LogP contribution in [-0.4, -0.2) is 134 Å². The van der Waals surface area contributed by atoms with E-state index in [0.717, 1.165) is 35.3 Å². The lowest BCUT2D eigenvalue weighted by atomic mass is 9.46. The maximum absolute atomic E-state index is 13.0. The lowest BCUT2D eigenvalue weighted by Gasteiger charge is -2.66. The highest BCUT2D eigenvalue weighted by Crippen LogP contribution is 2.73. The molecule has 2 aromatic rings. The van der Waals surface area contributed by atoms with Gasteiger partial charge in [-0.3, -0.25) is 0 Å². The molecule has 11 aliphatic rings. The molecule has 7 fully saturated rings. The second-order valence-corrected chi connectivity index (χ2v) is 17.7. The van der Waals surface area contributed by atoms with E-state index in [4.69, 9.17) is 23.7 Å². The van der Waals surface area contributed by atoms with Crippen LogP contribution >= 0.6 is 0 Å². The van der Waals surface area contributed by atoms with Crippen molar-refractivity contribution in [2.45, 2.75) is 128 Å². The summed E-state index contributed by atoms with van der Waals surface area (Å²) < 4.78 is 35.6. The zero-order valence-electron chi connectivity index (χ0n) is 28.3. The molecule has 4 N–H and O–H groups in total. The highest BCUT2D eigenvalue weighted by molar-refractivity contribution is 5.65. The van der Waals surface area contributed by atoms with Gasteiger partial charge in [0.2, 0.25) is 0 Å². The summed E-state index contributed by atoms with van der Waals surface area (Å²) in [7, 11) is 4.21. The van der Waals surface area contributed by atoms with Gasteiger partial charge in [0.25, 0.3) is 0 Å². The van der Waals surface area contributed by atoms with Gasteiger partial charge in [0, 0.05) is 23.2 Å². The number of hydrogen-bond donors (Lipinski definition) is 4. The minimum atomic E-state index is -1.07. The van der Waals surface area contributed by atoms with Crippen LogP contribution in [0.3, 0.4) is 0 Å². The fourth-order valence-corrected chi connectivity index (χ4v) is 14.6. The number of fused-ring (bicyclic) bond motifs is 4. The Morgan fingerprint density at radius 3 is 1.72 bits per heavy atom. The van der Waals surface area contributed by atoms with Crippen molar-refractivity contribution >= 4 is 0 Å². The highest BCUT2D eigenvalue weighted by atomic mass is 16.7. The van der Waals surface area contributed by atoms with Crippen molar-refractivity contribution in [3.8, 4) is 23.0 Å². The third-order valence-corrected chi connectivity index (χ3v) is 16.4. The summed E-state index contributed by atoms with van der Waals surface area (Å²) in [5, 5.41) is 48.5. The van der Waals surface area contributed by atoms with Crippen molar-refractivity contribution in [1.82, 2.24) is 14.7 Å². The van der Waals surface area contributed by atoms with E-state index in [-0.39, 0.29) is 29.8 Å². The number of aliphatic hydroxyl groups is 2. The van der Waals surface area contributed by atoms with Gasteiger partial charge in [-0.1, -0.05) is 12.1 Å². The zero-order valence-corrected chi connectivity index (χ0v) is 28.3. The third-order valence-electron chi connectivity index (χ3n) is 16.4. The summed E-state index contributed by atoms with van der Waals surface area (Å²) in [6, 6.07) is 7.31. The molecular weight excluding hydrogens is 642 g/mol. The fourth-order valence-electron chi connectivity index (χ4n) is 14.6. The van der Waals surface area contributed by atoms with Crippen LogP contribution in [0, 0.1) is 0 Å². The number of rotatable bonds is 0.